The Kier molecular flexibility index (Phi) is 5.53. The van der Waals surface area contributed by atoms with Crippen LogP contribution in [0.5, 0.6) is 0 Å². The first-order valence-corrected chi connectivity index (χ1v) is 8.72. The number of hydrogen-bond acceptors (Lipinski definition) is 5. The quantitative estimate of drug-likeness (QED) is 0.722. The minimum atomic E-state index is -1.07. The van der Waals surface area contributed by atoms with E-state index in [1.54, 1.807) is 18.3 Å². The van der Waals surface area contributed by atoms with Crippen molar-refractivity contribution in [3.8, 4) is 0 Å². The molecule has 8 heteroatoms. The number of pyridine rings is 1. The van der Waals surface area contributed by atoms with Gasteiger partial charge in [0.1, 0.15) is 23.4 Å². The summed E-state index contributed by atoms with van der Waals surface area (Å²) in [6, 6.07) is 12.9. The van der Waals surface area contributed by atoms with E-state index in [1.807, 2.05) is 30.3 Å². The molecule has 136 valence electrons. The van der Waals surface area contributed by atoms with Crippen molar-refractivity contribution < 1.29 is 24.2 Å². The van der Waals surface area contributed by atoms with Gasteiger partial charge in [-0.3, -0.25) is 0 Å². The number of aliphatic carboxylic acids is 1. The molecule has 1 aliphatic heterocycles. The summed E-state index contributed by atoms with van der Waals surface area (Å²) in [5.74, 6) is -1.07. The fourth-order valence-corrected chi connectivity index (χ4v) is 3.39. The Morgan fingerprint density at radius 2 is 1.92 bits per heavy atom. The first-order chi connectivity index (χ1) is 12.5. The second-order valence-electron chi connectivity index (χ2n) is 5.91. The molecule has 0 spiro atoms. The summed E-state index contributed by atoms with van der Waals surface area (Å²) in [5, 5.41) is 8.94. The summed E-state index contributed by atoms with van der Waals surface area (Å²) in [4.78, 5) is 28.8. The maximum absolute atomic E-state index is 12.2. The first-order valence-electron chi connectivity index (χ1n) is 7.92. The first kappa shape index (κ1) is 18.3. The van der Waals surface area contributed by atoms with Crippen LogP contribution in [0.15, 0.2) is 53.3 Å². The van der Waals surface area contributed by atoms with Crippen molar-refractivity contribution in [1.29, 1.82) is 0 Å². The molecule has 1 N–H and O–H groups in total. The molecule has 1 saturated heterocycles. The number of nitrogens with zero attached hydrogens (tertiary/aromatic N) is 2. The van der Waals surface area contributed by atoms with Gasteiger partial charge in [-0.15, -0.1) is 0 Å². The Bertz CT molecular complexity index is 793. The zero-order valence-electron chi connectivity index (χ0n) is 13.8. The van der Waals surface area contributed by atoms with E-state index in [0.717, 1.165) is 5.56 Å². The minimum Gasteiger partial charge on any atom is -0.480 e. The van der Waals surface area contributed by atoms with E-state index in [0.29, 0.717) is 10.2 Å². The molecular formula is C18H17BrN2O5. The summed E-state index contributed by atoms with van der Waals surface area (Å²) in [7, 11) is 0. The number of amides is 1. The molecular weight excluding hydrogens is 404 g/mol. The molecule has 1 fully saturated rings. The van der Waals surface area contributed by atoms with Gasteiger partial charge >= 0.3 is 12.1 Å². The molecule has 1 aliphatic rings. The normalized spacial score (nSPS) is 15.2. The highest BCUT2D eigenvalue weighted by Crippen LogP contribution is 2.39. The van der Waals surface area contributed by atoms with E-state index in [1.165, 1.54) is 4.90 Å². The monoisotopic (exact) mass is 420 g/mol. The number of ether oxygens (including phenoxy) is 2. The van der Waals surface area contributed by atoms with Gasteiger partial charge in [-0.2, -0.15) is 0 Å². The number of halogens is 1. The Labute approximate surface area is 158 Å². The minimum absolute atomic E-state index is 0.176. The number of carboxylic acids is 1. The number of hydrogen-bond donors (Lipinski definition) is 1. The van der Waals surface area contributed by atoms with Gasteiger partial charge in [-0.25, -0.2) is 14.6 Å². The highest BCUT2D eigenvalue weighted by molar-refractivity contribution is 9.10. The molecule has 3 rings (SSSR count). The Morgan fingerprint density at radius 3 is 2.58 bits per heavy atom. The number of benzene rings is 1. The van der Waals surface area contributed by atoms with Gasteiger partial charge in [-0.1, -0.05) is 36.4 Å². The lowest BCUT2D eigenvalue weighted by atomic mass is 9.87. The van der Waals surface area contributed by atoms with Crippen molar-refractivity contribution >= 4 is 28.0 Å². The van der Waals surface area contributed by atoms with Gasteiger partial charge in [0.05, 0.1) is 13.1 Å². The smallest absolute Gasteiger partial charge is 0.410 e. The number of aromatic nitrogens is 1. The Hall–Kier alpha value is -2.45. The zero-order chi connectivity index (χ0) is 18.6. The second kappa shape index (κ2) is 7.84. The van der Waals surface area contributed by atoms with Crippen LogP contribution in [-0.2, 0) is 26.5 Å². The molecule has 1 aromatic carbocycles. The van der Waals surface area contributed by atoms with Crippen molar-refractivity contribution in [2.75, 3.05) is 19.7 Å². The number of carboxylic acid groups (broad SMARTS) is 1. The lowest BCUT2D eigenvalue weighted by Crippen LogP contribution is -2.63. The van der Waals surface area contributed by atoms with Crippen LogP contribution < -0.4 is 0 Å². The van der Waals surface area contributed by atoms with Crippen LogP contribution >= 0.6 is 15.9 Å². The highest BCUT2D eigenvalue weighted by atomic mass is 79.9. The van der Waals surface area contributed by atoms with E-state index < -0.39 is 24.3 Å². The third kappa shape index (κ3) is 4.03. The van der Waals surface area contributed by atoms with E-state index in [2.05, 4.69) is 20.9 Å². The van der Waals surface area contributed by atoms with Crippen molar-refractivity contribution in [3.05, 3.63) is 64.4 Å². The molecule has 0 unspecified atom stereocenters. The summed E-state index contributed by atoms with van der Waals surface area (Å²) < 4.78 is 11.5. The summed E-state index contributed by atoms with van der Waals surface area (Å²) in [6.07, 6.45) is 1.15. The van der Waals surface area contributed by atoms with Gasteiger partial charge in [0.2, 0.25) is 0 Å². The van der Waals surface area contributed by atoms with E-state index in [-0.39, 0.29) is 19.7 Å². The fraction of sp³-hybridized carbons (Fsp3) is 0.278. The lowest BCUT2D eigenvalue weighted by molar-refractivity contribution is -0.169. The van der Waals surface area contributed by atoms with E-state index >= 15 is 0 Å². The van der Waals surface area contributed by atoms with Crippen LogP contribution in [0.2, 0.25) is 0 Å². The molecule has 0 bridgehead atoms. The van der Waals surface area contributed by atoms with Crippen LogP contribution in [-0.4, -0.2) is 46.7 Å². The van der Waals surface area contributed by atoms with Crippen LogP contribution in [0.4, 0.5) is 4.79 Å². The maximum atomic E-state index is 12.2. The van der Waals surface area contributed by atoms with E-state index in [4.69, 9.17) is 14.6 Å². The van der Waals surface area contributed by atoms with Crippen molar-refractivity contribution in [2.24, 2.45) is 0 Å². The molecule has 0 saturated carbocycles. The van der Waals surface area contributed by atoms with Gasteiger partial charge in [0, 0.05) is 11.8 Å². The van der Waals surface area contributed by atoms with Crippen LogP contribution in [0, 0.1) is 0 Å². The second-order valence-corrected chi connectivity index (χ2v) is 6.67. The predicted molar refractivity (Wildman–Crippen MR) is 95.4 cm³/mol. The number of rotatable bonds is 6. The van der Waals surface area contributed by atoms with Gasteiger partial charge in [0.25, 0.3) is 0 Å². The summed E-state index contributed by atoms with van der Waals surface area (Å²) in [6.45, 7) is 0.0976. The highest BCUT2D eigenvalue weighted by Gasteiger charge is 2.50. The standard InChI is InChI=1S/C18H17BrN2O5/c19-16-14(7-4-8-20-16)18(26-10-15(22)23)11-21(12-18)17(24)25-9-13-5-2-1-3-6-13/h1-8H,9-12H2,(H,22,23). The lowest BCUT2D eigenvalue weighted by Gasteiger charge is -2.48. The van der Waals surface area contributed by atoms with Crippen LogP contribution in [0.1, 0.15) is 11.1 Å². The topological polar surface area (TPSA) is 89.0 Å². The molecule has 1 amide bonds. The molecule has 1 aromatic heterocycles. The maximum Gasteiger partial charge on any atom is 0.410 e. The summed E-state index contributed by atoms with van der Waals surface area (Å²) in [5.41, 5.74) is 0.676. The van der Waals surface area contributed by atoms with Crippen molar-refractivity contribution in [2.45, 2.75) is 12.2 Å². The predicted octanol–water partition coefficient (Wildman–Crippen LogP) is 2.79. The molecule has 26 heavy (non-hydrogen) atoms. The molecule has 7 nitrogen and oxygen atoms in total. The average molecular weight is 421 g/mol. The van der Waals surface area contributed by atoms with Crippen LogP contribution in [0.3, 0.4) is 0 Å². The number of likely N-dealkylation sites (tertiary alicyclic amines) is 1. The van der Waals surface area contributed by atoms with Gasteiger partial charge in [-0.05, 0) is 27.6 Å². The van der Waals surface area contributed by atoms with Crippen LogP contribution in [0.25, 0.3) is 0 Å². The fourth-order valence-electron chi connectivity index (χ4n) is 2.78. The van der Waals surface area contributed by atoms with Crippen molar-refractivity contribution in [1.82, 2.24) is 9.88 Å². The Morgan fingerprint density at radius 1 is 1.19 bits per heavy atom. The van der Waals surface area contributed by atoms with Crippen molar-refractivity contribution in [3.63, 3.8) is 0 Å². The summed E-state index contributed by atoms with van der Waals surface area (Å²) >= 11 is 3.36. The van der Waals surface area contributed by atoms with E-state index in [9.17, 15) is 9.59 Å². The number of carbonyl (C=O) groups excluding carboxylic acids is 1. The molecule has 2 aromatic rings. The largest absolute Gasteiger partial charge is 0.480 e. The molecule has 2 heterocycles. The third-order valence-corrected chi connectivity index (χ3v) is 4.71. The SMILES string of the molecule is O=C(O)COC1(c2cccnc2Br)CN(C(=O)OCc2ccccc2)C1. The number of carbonyl (C=O) groups is 2. The third-order valence-electron chi connectivity index (χ3n) is 4.08. The molecule has 0 aliphatic carbocycles. The Balaban J connectivity index is 1.65. The molecule has 0 atom stereocenters. The van der Waals surface area contributed by atoms with Gasteiger partial charge in [0.15, 0.2) is 0 Å². The van der Waals surface area contributed by atoms with Gasteiger partial charge < -0.3 is 19.5 Å². The zero-order valence-corrected chi connectivity index (χ0v) is 15.4. The average Bonchev–Trinajstić information content (AvgIpc) is 2.61. The molecule has 0 radical (unpaired) electrons.